The second-order valence-electron chi connectivity index (χ2n) is 8.23. The fourth-order valence-corrected chi connectivity index (χ4v) is 4.19. The van der Waals surface area contributed by atoms with Gasteiger partial charge in [0.05, 0.1) is 5.71 Å². The summed E-state index contributed by atoms with van der Waals surface area (Å²) < 4.78 is 0. The lowest BCUT2D eigenvalue weighted by atomic mass is 9.99. The van der Waals surface area contributed by atoms with Gasteiger partial charge in [0.1, 0.15) is 0 Å². The molecule has 0 N–H and O–H groups in total. The van der Waals surface area contributed by atoms with Gasteiger partial charge in [-0.15, -0.1) is 0 Å². The summed E-state index contributed by atoms with van der Waals surface area (Å²) in [5.41, 5.74) is 2.66. The maximum Gasteiger partial charge on any atom is 0.335 e. The van der Waals surface area contributed by atoms with Crippen LogP contribution >= 0.6 is 11.8 Å². The molecule has 31 heavy (non-hydrogen) atoms. The summed E-state index contributed by atoms with van der Waals surface area (Å²) in [6.45, 7) is 6.45. The molecule has 0 saturated heterocycles. The minimum atomic E-state index is -0.243. The van der Waals surface area contributed by atoms with Gasteiger partial charge in [0.15, 0.2) is 0 Å². The molecule has 1 fully saturated rings. The van der Waals surface area contributed by atoms with E-state index in [1.807, 2.05) is 18.2 Å². The third-order valence-corrected chi connectivity index (χ3v) is 6.47. The molecule has 0 aliphatic heterocycles. The van der Waals surface area contributed by atoms with Gasteiger partial charge >= 0.3 is 5.97 Å². The van der Waals surface area contributed by atoms with E-state index in [9.17, 15) is 4.79 Å². The third kappa shape index (κ3) is 8.37. The number of hydrogen-bond donors (Lipinski definition) is 0. The zero-order valence-corrected chi connectivity index (χ0v) is 19.3. The molecule has 0 unspecified atom stereocenters. The molecule has 4 heteroatoms. The standard InChI is InChI=1S/C27H33NO2S/c1-3-4-5-6-10-13-27(29)30-28-26(20-22-14-15-22)21(2)23-16-18-25(19-17-23)31-24-11-8-7-9-12-24/h7-9,11-12,16-19,22H,2-6,10,13-15,20H2,1H3/b28-26+. The summed E-state index contributed by atoms with van der Waals surface area (Å²) in [5, 5.41) is 4.25. The molecule has 0 radical (unpaired) electrons. The van der Waals surface area contributed by atoms with Crippen LogP contribution in [0.15, 0.2) is 76.1 Å². The topological polar surface area (TPSA) is 38.7 Å². The molecule has 0 heterocycles. The Bertz CT molecular complexity index is 870. The molecular weight excluding hydrogens is 402 g/mol. The molecule has 164 valence electrons. The zero-order chi connectivity index (χ0) is 21.9. The van der Waals surface area contributed by atoms with Crippen molar-refractivity contribution in [2.45, 2.75) is 74.5 Å². The van der Waals surface area contributed by atoms with Gasteiger partial charge in [0, 0.05) is 16.2 Å². The van der Waals surface area contributed by atoms with Crippen molar-refractivity contribution in [2.75, 3.05) is 0 Å². The average molecular weight is 436 g/mol. The van der Waals surface area contributed by atoms with Gasteiger partial charge < -0.3 is 4.84 Å². The number of carbonyl (C=O) groups is 1. The van der Waals surface area contributed by atoms with Crippen LogP contribution in [0.4, 0.5) is 0 Å². The Kier molecular flexibility index (Phi) is 9.41. The van der Waals surface area contributed by atoms with E-state index in [1.54, 1.807) is 11.8 Å². The minimum absolute atomic E-state index is 0.243. The van der Waals surface area contributed by atoms with Crippen LogP contribution in [0.1, 0.15) is 70.3 Å². The molecule has 1 aliphatic carbocycles. The maximum atomic E-state index is 12.1. The van der Waals surface area contributed by atoms with E-state index >= 15 is 0 Å². The van der Waals surface area contributed by atoms with Crippen LogP contribution in [0.2, 0.25) is 0 Å². The molecule has 1 aliphatic rings. The number of hydrogen-bond acceptors (Lipinski definition) is 4. The predicted molar refractivity (Wildman–Crippen MR) is 130 cm³/mol. The van der Waals surface area contributed by atoms with Crippen molar-refractivity contribution in [1.82, 2.24) is 0 Å². The van der Waals surface area contributed by atoms with Crippen LogP contribution in [0.5, 0.6) is 0 Å². The van der Waals surface area contributed by atoms with Crippen molar-refractivity contribution in [1.29, 1.82) is 0 Å². The maximum absolute atomic E-state index is 12.1. The lowest BCUT2D eigenvalue weighted by Gasteiger charge is -2.10. The third-order valence-electron chi connectivity index (χ3n) is 5.45. The Morgan fingerprint density at radius 1 is 1.00 bits per heavy atom. The first-order chi connectivity index (χ1) is 15.2. The van der Waals surface area contributed by atoms with E-state index in [2.05, 4.69) is 55.1 Å². The molecule has 0 atom stereocenters. The largest absolute Gasteiger partial charge is 0.335 e. The lowest BCUT2D eigenvalue weighted by molar-refractivity contribution is -0.143. The summed E-state index contributed by atoms with van der Waals surface area (Å²) in [4.78, 5) is 19.8. The van der Waals surface area contributed by atoms with Crippen LogP contribution in [0.3, 0.4) is 0 Å². The Labute approximate surface area is 191 Å². The Balaban J connectivity index is 1.57. The number of benzene rings is 2. The summed E-state index contributed by atoms with van der Waals surface area (Å²) in [6, 6.07) is 18.7. The van der Waals surface area contributed by atoms with Crippen LogP contribution in [0.25, 0.3) is 5.57 Å². The van der Waals surface area contributed by atoms with Gasteiger partial charge in [-0.25, -0.2) is 4.79 Å². The summed E-state index contributed by atoms with van der Waals surface area (Å²) in [7, 11) is 0. The molecule has 0 amide bonds. The van der Waals surface area contributed by atoms with Crippen molar-refractivity contribution in [3.8, 4) is 0 Å². The molecular formula is C27H33NO2S. The number of carbonyl (C=O) groups excluding carboxylic acids is 1. The highest BCUT2D eigenvalue weighted by Crippen LogP contribution is 2.35. The van der Waals surface area contributed by atoms with E-state index in [1.165, 1.54) is 41.9 Å². The van der Waals surface area contributed by atoms with Gasteiger partial charge in [-0.2, -0.15) is 0 Å². The number of rotatable bonds is 13. The highest BCUT2D eigenvalue weighted by atomic mass is 32.2. The first-order valence-corrected chi connectivity index (χ1v) is 12.3. The second kappa shape index (κ2) is 12.5. The second-order valence-corrected chi connectivity index (χ2v) is 9.38. The van der Waals surface area contributed by atoms with Gasteiger partial charge in [-0.3, -0.25) is 0 Å². The first-order valence-electron chi connectivity index (χ1n) is 11.4. The Morgan fingerprint density at radius 2 is 1.68 bits per heavy atom. The molecule has 2 aromatic rings. The Morgan fingerprint density at radius 3 is 2.35 bits per heavy atom. The first kappa shape index (κ1) is 23.3. The Hall–Kier alpha value is -2.33. The van der Waals surface area contributed by atoms with Crippen molar-refractivity contribution < 1.29 is 9.63 Å². The fraction of sp³-hybridized carbons (Fsp3) is 0.407. The van der Waals surface area contributed by atoms with E-state index in [0.717, 1.165) is 36.1 Å². The number of allylic oxidation sites excluding steroid dienone is 1. The molecule has 3 nitrogen and oxygen atoms in total. The highest BCUT2D eigenvalue weighted by Gasteiger charge is 2.25. The normalized spacial score (nSPS) is 13.8. The molecule has 0 bridgehead atoms. The number of nitrogens with zero attached hydrogens (tertiary/aromatic N) is 1. The fourth-order valence-electron chi connectivity index (χ4n) is 3.35. The van der Waals surface area contributed by atoms with Crippen LogP contribution < -0.4 is 0 Å². The number of oxime groups is 1. The SMILES string of the molecule is C=C(/C(CC1CC1)=N/OC(=O)CCCCCCC)c1ccc(Sc2ccccc2)cc1. The number of unbranched alkanes of at least 4 members (excludes halogenated alkanes) is 4. The van der Waals surface area contributed by atoms with Crippen molar-refractivity contribution in [3.05, 3.63) is 66.7 Å². The monoisotopic (exact) mass is 435 g/mol. The highest BCUT2D eigenvalue weighted by molar-refractivity contribution is 7.99. The quantitative estimate of drug-likeness (QED) is 0.139. The molecule has 2 aromatic carbocycles. The van der Waals surface area contributed by atoms with Crippen LogP contribution in [-0.4, -0.2) is 11.7 Å². The van der Waals surface area contributed by atoms with Crippen molar-refractivity contribution >= 4 is 29.0 Å². The van der Waals surface area contributed by atoms with Gasteiger partial charge in [-0.05, 0) is 67.0 Å². The summed E-state index contributed by atoms with van der Waals surface area (Å²) in [6.07, 6.45) is 9.22. The van der Waals surface area contributed by atoms with Crippen molar-refractivity contribution in [3.63, 3.8) is 0 Å². The summed E-state index contributed by atoms with van der Waals surface area (Å²) in [5.74, 6) is 0.392. The average Bonchev–Trinajstić information content (AvgIpc) is 3.61. The molecule has 1 saturated carbocycles. The lowest BCUT2D eigenvalue weighted by Crippen LogP contribution is -2.07. The van der Waals surface area contributed by atoms with E-state index in [0.29, 0.717) is 12.3 Å². The molecule has 0 spiro atoms. The van der Waals surface area contributed by atoms with Crippen molar-refractivity contribution in [2.24, 2.45) is 11.1 Å². The van der Waals surface area contributed by atoms with E-state index in [4.69, 9.17) is 4.84 Å². The van der Waals surface area contributed by atoms with E-state index in [-0.39, 0.29) is 5.97 Å². The summed E-state index contributed by atoms with van der Waals surface area (Å²) >= 11 is 1.73. The molecule has 0 aromatic heterocycles. The van der Waals surface area contributed by atoms with Gasteiger partial charge in [0.2, 0.25) is 0 Å². The minimum Gasteiger partial charge on any atom is -0.318 e. The van der Waals surface area contributed by atoms with Crippen LogP contribution in [-0.2, 0) is 9.63 Å². The van der Waals surface area contributed by atoms with Gasteiger partial charge in [0.25, 0.3) is 0 Å². The molecule has 3 rings (SSSR count). The van der Waals surface area contributed by atoms with Crippen LogP contribution in [0, 0.1) is 5.92 Å². The predicted octanol–water partition coefficient (Wildman–Crippen LogP) is 7.91. The zero-order valence-electron chi connectivity index (χ0n) is 18.5. The van der Waals surface area contributed by atoms with Gasteiger partial charge in [-0.1, -0.05) is 86.4 Å². The van der Waals surface area contributed by atoms with E-state index < -0.39 is 0 Å². The smallest absolute Gasteiger partial charge is 0.318 e.